The van der Waals surface area contributed by atoms with Crippen molar-refractivity contribution < 1.29 is 36.7 Å². The highest BCUT2D eigenvalue weighted by molar-refractivity contribution is 5.76. The summed E-state index contributed by atoms with van der Waals surface area (Å²) in [4.78, 5) is 22.7. The van der Waals surface area contributed by atoms with E-state index in [1.54, 1.807) is 25.7 Å². The standard InChI is InChI=1S/C27H30F3N5O5/c1-14-23(22-15(2)34-40-16(22)3)32-25(33-24(14)31-17-7-9-35(10-8-17)26(36)37-4)20-11-18(38-12-19-13-39-19)5-6-21(20)27(28,29)30/h5-6,11,17,19H,7-10,12-13H2,1-4H3,(H,31,32,33). The number of hydrogen-bond donors (Lipinski definition) is 1. The zero-order valence-electron chi connectivity index (χ0n) is 22.6. The summed E-state index contributed by atoms with van der Waals surface area (Å²) in [6.45, 7) is 7.02. The van der Waals surface area contributed by atoms with Crippen LogP contribution in [0.2, 0.25) is 0 Å². The molecule has 3 aromatic rings. The molecule has 1 atom stereocenters. The van der Waals surface area contributed by atoms with Crippen molar-refractivity contribution in [2.45, 2.75) is 51.9 Å². The number of hydrogen-bond acceptors (Lipinski definition) is 9. The number of benzene rings is 1. The average Bonchev–Trinajstić information content (AvgIpc) is 3.71. The third-order valence-corrected chi connectivity index (χ3v) is 7.06. The largest absolute Gasteiger partial charge is 0.491 e. The minimum absolute atomic E-state index is 0.0612. The molecule has 13 heteroatoms. The van der Waals surface area contributed by atoms with E-state index in [9.17, 15) is 18.0 Å². The second-order valence-corrected chi connectivity index (χ2v) is 9.92. The second-order valence-electron chi connectivity index (χ2n) is 9.92. The first-order valence-corrected chi connectivity index (χ1v) is 12.9. The van der Waals surface area contributed by atoms with Gasteiger partial charge in [-0.1, -0.05) is 5.16 Å². The molecule has 1 N–H and O–H groups in total. The maximum atomic E-state index is 14.2. The van der Waals surface area contributed by atoms with E-state index in [1.807, 2.05) is 0 Å². The Morgan fingerprint density at radius 3 is 2.50 bits per heavy atom. The molecule has 2 aliphatic heterocycles. The van der Waals surface area contributed by atoms with E-state index in [2.05, 4.69) is 20.4 Å². The number of aromatic nitrogens is 3. The van der Waals surface area contributed by atoms with Gasteiger partial charge in [0, 0.05) is 30.3 Å². The molecule has 2 aromatic heterocycles. The molecule has 2 fully saturated rings. The van der Waals surface area contributed by atoms with Crippen molar-refractivity contribution in [3.05, 3.63) is 40.8 Å². The van der Waals surface area contributed by atoms with Crippen molar-refractivity contribution in [1.82, 2.24) is 20.0 Å². The van der Waals surface area contributed by atoms with Gasteiger partial charge < -0.3 is 29.0 Å². The van der Waals surface area contributed by atoms with Crippen LogP contribution < -0.4 is 10.1 Å². The summed E-state index contributed by atoms with van der Waals surface area (Å²) in [5.41, 5.74) is 1.12. The molecule has 1 aromatic carbocycles. The third kappa shape index (κ3) is 5.83. The molecule has 1 amide bonds. The first-order valence-electron chi connectivity index (χ1n) is 12.9. The summed E-state index contributed by atoms with van der Waals surface area (Å²) in [5, 5.41) is 7.40. The van der Waals surface area contributed by atoms with Gasteiger partial charge in [0.25, 0.3) is 0 Å². The molecule has 0 spiro atoms. The van der Waals surface area contributed by atoms with Gasteiger partial charge in [-0.15, -0.1) is 0 Å². The lowest BCUT2D eigenvalue weighted by Gasteiger charge is -2.32. The number of rotatable bonds is 7. The molecule has 2 saturated heterocycles. The smallest absolute Gasteiger partial charge is 0.417 e. The molecule has 0 saturated carbocycles. The summed E-state index contributed by atoms with van der Waals surface area (Å²) < 4.78 is 63.5. The summed E-state index contributed by atoms with van der Waals surface area (Å²) in [6, 6.07) is 3.50. The van der Waals surface area contributed by atoms with Crippen LogP contribution in [0.5, 0.6) is 5.75 Å². The van der Waals surface area contributed by atoms with Gasteiger partial charge >= 0.3 is 12.3 Å². The van der Waals surface area contributed by atoms with Crippen LogP contribution in [0.3, 0.4) is 0 Å². The van der Waals surface area contributed by atoms with Crippen LogP contribution >= 0.6 is 0 Å². The lowest BCUT2D eigenvalue weighted by Crippen LogP contribution is -2.42. The van der Waals surface area contributed by atoms with Crippen LogP contribution in [0.15, 0.2) is 22.7 Å². The van der Waals surface area contributed by atoms with E-state index in [0.717, 1.165) is 6.07 Å². The van der Waals surface area contributed by atoms with Gasteiger partial charge in [0.2, 0.25) is 0 Å². The fourth-order valence-corrected chi connectivity index (χ4v) is 4.77. The average molecular weight is 562 g/mol. The van der Waals surface area contributed by atoms with E-state index in [4.69, 9.17) is 18.7 Å². The molecular formula is C27H30F3N5O5. The highest BCUT2D eigenvalue weighted by atomic mass is 19.4. The van der Waals surface area contributed by atoms with Crippen molar-refractivity contribution in [1.29, 1.82) is 0 Å². The Labute approximate surface area is 228 Å². The Hall–Kier alpha value is -3.87. The summed E-state index contributed by atoms with van der Waals surface area (Å²) in [7, 11) is 1.34. The van der Waals surface area contributed by atoms with Crippen molar-refractivity contribution in [3.63, 3.8) is 0 Å². The molecule has 10 nitrogen and oxygen atoms in total. The molecule has 5 rings (SSSR count). The van der Waals surface area contributed by atoms with Gasteiger partial charge in [0.15, 0.2) is 5.82 Å². The summed E-state index contributed by atoms with van der Waals surface area (Å²) >= 11 is 0. The Bertz CT molecular complexity index is 1380. The van der Waals surface area contributed by atoms with Crippen LogP contribution in [0, 0.1) is 20.8 Å². The number of piperidine rings is 1. The van der Waals surface area contributed by atoms with Gasteiger partial charge in [0.1, 0.15) is 30.0 Å². The lowest BCUT2D eigenvalue weighted by atomic mass is 10.0. The van der Waals surface area contributed by atoms with E-state index in [1.165, 1.54) is 19.2 Å². The zero-order chi connectivity index (χ0) is 28.6. The maximum Gasteiger partial charge on any atom is 0.417 e. The van der Waals surface area contributed by atoms with Gasteiger partial charge in [-0.25, -0.2) is 14.8 Å². The summed E-state index contributed by atoms with van der Waals surface area (Å²) in [6.07, 6.45) is -3.90. The predicted molar refractivity (Wildman–Crippen MR) is 138 cm³/mol. The van der Waals surface area contributed by atoms with Crippen LogP contribution in [-0.2, 0) is 15.7 Å². The minimum Gasteiger partial charge on any atom is -0.491 e. The molecule has 214 valence electrons. The molecule has 2 aliphatic rings. The van der Waals surface area contributed by atoms with E-state index in [0.29, 0.717) is 66.6 Å². The lowest BCUT2D eigenvalue weighted by molar-refractivity contribution is -0.137. The quantitative estimate of drug-likeness (QED) is 0.391. The molecule has 40 heavy (non-hydrogen) atoms. The Kier molecular flexibility index (Phi) is 7.58. The number of aryl methyl sites for hydroxylation is 2. The summed E-state index contributed by atoms with van der Waals surface area (Å²) in [5.74, 6) is 1.02. The number of anilines is 1. The van der Waals surface area contributed by atoms with Gasteiger partial charge in [-0.05, 0) is 51.8 Å². The van der Waals surface area contributed by atoms with Crippen molar-refractivity contribution >= 4 is 11.9 Å². The number of halogens is 3. The van der Waals surface area contributed by atoms with Gasteiger partial charge in [-0.3, -0.25) is 0 Å². The number of nitrogens with one attached hydrogen (secondary N) is 1. The number of carbonyl (C=O) groups excluding carboxylic acids is 1. The van der Waals surface area contributed by atoms with Crippen molar-refractivity contribution in [2.75, 3.05) is 38.7 Å². The first kappa shape index (κ1) is 27.7. The maximum absolute atomic E-state index is 14.2. The van der Waals surface area contributed by atoms with Crippen LogP contribution in [0.1, 0.15) is 35.4 Å². The van der Waals surface area contributed by atoms with Crippen molar-refractivity contribution in [2.24, 2.45) is 0 Å². The molecule has 0 aliphatic carbocycles. The Morgan fingerprint density at radius 1 is 1.18 bits per heavy atom. The normalized spacial score (nSPS) is 17.6. The number of likely N-dealkylation sites (tertiary alicyclic amines) is 1. The molecule has 0 radical (unpaired) electrons. The molecular weight excluding hydrogens is 531 g/mol. The number of alkyl halides is 3. The number of ether oxygens (including phenoxy) is 3. The minimum atomic E-state index is -4.65. The van der Waals surface area contributed by atoms with Crippen molar-refractivity contribution in [3.8, 4) is 28.4 Å². The Morgan fingerprint density at radius 2 is 1.90 bits per heavy atom. The number of nitrogens with zero attached hydrogens (tertiary/aromatic N) is 4. The third-order valence-electron chi connectivity index (χ3n) is 7.06. The molecule has 4 heterocycles. The number of methoxy groups -OCH3 is 1. The van der Waals surface area contributed by atoms with Crippen LogP contribution in [0.25, 0.3) is 22.6 Å². The van der Waals surface area contributed by atoms with Crippen LogP contribution in [-0.4, -0.2) is 71.7 Å². The number of carbonyl (C=O) groups is 1. The van der Waals surface area contributed by atoms with Crippen LogP contribution in [0.4, 0.5) is 23.8 Å². The highest BCUT2D eigenvalue weighted by Crippen LogP contribution is 2.40. The second kappa shape index (κ2) is 11.0. The van der Waals surface area contributed by atoms with E-state index >= 15 is 0 Å². The number of epoxide rings is 1. The molecule has 1 unspecified atom stereocenters. The zero-order valence-corrected chi connectivity index (χ0v) is 22.6. The van der Waals surface area contributed by atoms with Gasteiger partial charge in [-0.2, -0.15) is 13.2 Å². The molecule has 0 bridgehead atoms. The Balaban J connectivity index is 1.57. The topological polar surface area (TPSA) is 115 Å². The number of amides is 1. The fourth-order valence-electron chi connectivity index (χ4n) is 4.77. The highest BCUT2D eigenvalue weighted by Gasteiger charge is 2.36. The SMILES string of the molecule is COC(=O)N1CCC(Nc2nc(-c3cc(OCC4CO4)ccc3C(F)(F)F)nc(-c3c(C)noc3C)c2C)CC1. The van der Waals surface area contributed by atoms with E-state index in [-0.39, 0.29) is 35.9 Å². The fraction of sp³-hybridized carbons (Fsp3) is 0.481. The first-order chi connectivity index (χ1) is 19.0. The van der Waals surface area contributed by atoms with Gasteiger partial charge in [0.05, 0.1) is 36.2 Å². The monoisotopic (exact) mass is 561 g/mol. The van der Waals surface area contributed by atoms with E-state index < -0.39 is 17.8 Å². The predicted octanol–water partition coefficient (Wildman–Crippen LogP) is 5.16.